The number of aromatic nitrogens is 2. The van der Waals surface area contributed by atoms with Crippen LogP contribution in [0.15, 0.2) is 42.7 Å². The van der Waals surface area contributed by atoms with E-state index < -0.39 is 0 Å². The number of nitrogens with zero attached hydrogens (tertiary/aromatic N) is 3. The summed E-state index contributed by atoms with van der Waals surface area (Å²) in [5, 5.41) is 13.0. The van der Waals surface area contributed by atoms with E-state index in [0.29, 0.717) is 17.3 Å². The fourth-order valence-electron chi connectivity index (χ4n) is 2.92. The number of pyridine rings is 2. The van der Waals surface area contributed by atoms with Crippen LogP contribution < -0.4 is 5.32 Å². The van der Waals surface area contributed by atoms with Crippen LogP contribution in [0, 0.1) is 5.92 Å². The zero-order valence-corrected chi connectivity index (χ0v) is 13.9. The highest BCUT2D eigenvalue weighted by atomic mass is 16.3. The smallest absolute Gasteiger partial charge is 0.254 e. The zero-order valence-electron chi connectivity index (χ0n) is 13.9. The van der Waals surface area contributed by atoms with Crippen LogP contribution >= 0.6 is 0 Å². The molecule has 0 saturated heterocycles. The molecule has 24 heavy (non-hydrogen) atoms. The second-order valence-corrected chi connectivity index (χ2v) is 6.39. The Morgan fingerprint density at radius 1 is 1.25 bits per heavy atom. The topological polar surface area (TPSA) is 78.4 Å². The molecule has 1 aliphatic carbocycles. The Morgan fingerprint density at radius 3 is 2.58 bits per heavy atom. The number of carbonyl (C=O) groups excluding carboxylic acids is 1. The van der Waals surface area contributed by atoms with Gasteiger partial charge in [0, 0.05) is 26.5 Å². The van der Waals surface area contributed by atoms with E-state index in [2.05, 4.69) is 15.3 Å². The summed E-state index contributed by atoms with van der Waals surface area (Å²) in [6, 6.07) is 9.39. The van der Waals surface area contributed by atoms with Gasteiger partial charge in [-0.15, -0.1) is 0 Å². The molecule has 1 aliphatic rings. The molecule has 0 radical (unpaired) electrons. The molecular weight excluding hydrogens is 304 g/mol. The first-order valence-electron chi connectivity index (χ1n) is 8.08. The molecule has 0 aromatic carbocycles. The van der Waals surface area contributed by atoms with E-state index in [4.69, 9.17) is 0 Å². The quantitative estimate of drug-likeness (QED) is 0.880. The molecule has 3 rings (SSSR count). The van der Waals surface area contributed by atoms with Gasteiger partial charge in [-0.25, -0.2) is 4.98 Å². The number of hydrogen-bond donors (Lipinski definition) is 2. The van der Waals surface area contributed by atoms with Crippen molar-refractivity contribution in [3.63, 3.8) is 0 Å². The van der Waals surface area contributed by atoms with Crippen LogP contribution in [0.3, 0.4) is 0 Å². The lowest BCUT2D eigenvalue weighted by molar-refractivity contribution is 0.0333. The molecule has 0 bridgehead atoms. The van der Waals surface area contributed by atoms with Crippen molar-refractivity contribution in [1.29, 1.82) is 0 Å². The van der Waals surface area contributed by atoms with Gasteiger partial charge in [0.15, 0.2) is 0 Å². The Hall–Kier alpha value is -2.47. The summed E-state index contributed by atoms with van der Waals surface area (Å²) in [4.78, 5) is 22.2. The fraction of sp³-hybridized carbons (Fsp3) is 0.389. The molecular formula is C18H22N4O2. The highest BCUT2D eigenvalue weighted by Gasteiger charge is 2.35. The minimum Gasteiger partial charge on any atom is -0.393 e. The highest BCUT2D eigenvalue weighted by Crippen LogP contribution is 2.39. The number of aliphatic hydroxyl groups excluding tert-OH is 1. The third kappa shape index (κ3) is 3.54. The van der Waals surface area contributed by atoms with Crippen molar-refractivity contribution in [1.82, 2.24) is 14.9 Å². The number of nitrogens with one attached hydrogen (secondary N) is 1. The molecule has 1 fully saturated rings. The Bertz CT molecular complexity index is 682. The van der Waals surface area contributed by atoms with Crippen LogP contribution in [0.2, 0.25) is 0 Å². The van der Waals surface area contributed by atoms with Gasteiger partial charge in [0.25, 0.3) is 5.91 Å². The average Bonchev–Trinajstić information content (AvgIpc) is 2.58. The Balaban J connectivity index is 1.76. The molecule has 1 amide bonds. The average molecular weight is 326 g/mol. The monoisotopic (exact) mass is 326 g/mol. The van der Waals surface area contributed by atoms with Crippen LogP contribution in [0.5, 0.6) is 0 Å². The molecule has 126 valence electrons. The number of rotatable bonds is 5. The Labute approximate surface area is 141 Å². The van der Waals surface area contributed by atoms with Crippen molar-refractivity contribution in [2.24, 2.45) is 5.92 Å². The summed E-state index contributed by atoms with van der Waals surface area (Å²) < 4.78 is 0. The highest BCUT2D eigenvalue weighted by molar-refractivity contribution is 5.93. The molecule has 0 aliphatic heterocycles. The van der Waals surface area contributed by atoms with Gasteiger partial charge in [-0.1, -0.05) is 6.07 Å². The fourth-order valence-corrected chi connectivity index (χ4v) is 2.92. The maximum atomic E-state index is 11.9. The minimum atomic E-state index is -0.226. The minimum absolute atomic E-state index is 0.00231. The van der Waals surface area contributed by atoms with Crippen molar-refractivity contribution in [3.05, 3.63) is 54.0 Å². The largest absolute Gasteiger partial charge is 0.393 e. The Morgan fingerprint density at radius 2 is 2.04 bits per heavy atom. The lowest BCUT2D eigenvalue weighted by atomic mass is 9.76. The van der Waals surface area contributed by atoms with Crippen LogP contribution in [0.4, 0.5) is 5.82 Å². The molecule has 6 nitrogen and oxygen atoms in total. The number of anilines is 1. The summed E-state index contributed by atoms with van der Waals surface area (Å²) in [5.41, 5.74) is 1.49. The van der Waals surface area contributed by atoms with E-state index in [1.54, 1.807) is 32.6 Å². The first-order chi connectivity index (χ1) is 11.5. The molecule has 2 aromatic heterocycles. The van der Waals surface area contributed by atoms with Gasteiger partial charge in [-0.2, -0.15) is 0 Å². The predicted molar refractivity (Wildman–Crippen MR) is 91.6 cm³/mol. The SMILES string of the molecule is CN(C)C(=O)c1ccc(N[C@@H](c2ccccn2)C2CC(O)C2)nc1. The summed E-state index contributed by atoms with van der Waals surface area (Å²) in [5.74, 6) is 0.944. The van der Waals surface area contributed by atoms with Crippen molar-refractivity contribution in [2.75, 3.05) is 19.4 Å². The number of carbonyl (C=O) groups is 1. The molecule has 6 heteroatoms. The van der Waals surface area contributed by atoms with E-state index in [1.807, 2.05) is 24.3 Å². The van der Waals surface area contributed by atoms with E-state index >= 15 is 0 Å². The predicted octanol–water partition coefficient (Wildman–Crippen LogP) is 2.10. The number of hydrogen-bond acceptors (Lipinski definition) is 5. The van der Waals surface area contributed by atoms with E-state index in [9.17, 15) is 9.90 Å². The second-order valence-electron chi connectivity index (χ2n) is 6.39. The van der Waals surface area contributed by atoms with Crippen LogP contribution in [0.1, 0.15) is 34.9 Å². The number of aliphatic hydroxyl groups is 1. The van der Waals surface area contributed by atoms with Crippen LogP contribution in [-0.4, -0.2) is 46.1 Å². The maximum absolute atomic E-state index is 11.9. The second kappa shape index (κ2) is 6.97. The normalized spacial score (nSPS) is 20.8. The summed E-state index contributed by atoms with van der Waals surface area (Å²) in [6.45, 7) is 0. The van der Waals surface area contributed by atoms with Crippen molar-refractivity contribution in [3.8, 4) is 0 Å². The zero-order chi connectivity index (χ0) is 17.1. The third-order valence-corrected chi connectivity index (χ3v) is 4.35. The van der Waals surface area contributed by atoms with Crippen LogP contribution in [0.25, 0.3) is 0 Å². The molecule has 0 spiro atoms. The summed E-state index contributed by atoms with van der Waals surface area (Å²) in [7, 11) is 3.43. The van der Waals surface area contributed by atoms with Gasteiger partial charge < -0.3 is 15.3 Å². The summed E-state index contributed by atoms with van der Waals surface area (Å²) in [6.07, 6.45) is 4.63. The molecule has 2 heterocycles. The Kier molecular flexibility index (Phi) is 4.76. The van der Waals surface area contributed by atoms with E-state index in [-0.39, 0.29) is 18.1 Å². The summed E-state index contributed by atoms with van der Waals surface area (Å²) >= 11 is 0. The van der Waals surface area contributed by atoms with Crippen molar-refractivity contribution >= 4 is 11.7 Å². The standard InChI is InChI=1S/C18H22N4O2/c1-22(2)18(24)12-6-7-16(20-11-12)21-17(13-9-14(23)10-13)15-5-3-4-8-19-15/h3-8,11,13-14,17,23H,9-10H2,1-2H3,(H,20,21)/t13?,14?,17-/m1/s1. The first kappa shape index (κ1) is 16.4. The van der Waals surface area contributed by atoms with E-state index in [0.717, 1.165) is 18.5 Å². The van der Waals surface area contributed by atoms with Gasteiger partial charge in [-0.3, -0.25) is 9.78 Å². The molecule has 1 saturated carbocycles. The van der Waals surface area contributed by atoms with Gasteiger partial charge in [0.2, 0.25) is 0 Å². The number of amides is 1. The molecule has 0 unspecified atom stereocenters. The van der Waals surface area contributed by atoms with Crippen molar-refractivity contribution < 1.29 is 9.90 Å². The van der Waals surface area contributed by atoms with Gasteiger partial charge in [0.1, 0.15) is 5.82 Å². The van der Waals surface area contributed by atoms with E-state index in [1.165, 1.54) is 4.90 Å². The van der Waals surface area contributed by atoms with Gasteiger partial charge in [-0.05, 0) is 43.0 Å². The van der Waals surface area contributed by atoms with Crippen LogP contribution in [-0.2, 0) is 0 Å². The van der Waals surface area contributed by atoms with Gasteiger partial charge >= 0.3 is 0 Å². The van der Waals surface area contributed by atoms with Crippen molar-refractivity contribution in [2.45, 2.75) is 25.0 Å². The first-order valence-corrected chi connectivity index (χ1v) is 8.08. The lowest BCUT2D eigenvalue weighted by Gasteiger charge is -2.38. The lowest BCUT2D eigenvalue weighted by Crippen LogP contribution is -2.36. The molecule has 2 N–H and O–H groups in total. The molecule has 1 atom stereocenters. The molecule has 2 aromatic rings. The third-order valence-electron chi connectivity index (χ3n) is 4.35. The maximum Gasteiger partial charge on any atom is 0.254 e. The van der Waals surface area contributed by atoms with Gasteiger partial charge in [0.05, 0.1) is 23.4 Å².